The first kappa shape index (κ1) is 24.5. The summed E-state index contributed by atoms with van der Waals surface area (Å²) < 4.78 is 18.2. The zero-order valence-electron chi connectivity index (χ0n) is 20.5. The lowest BCUT2D eigenvalue weighted by Crippen LogP contribution is -2.30. The number of hydrogen-bond donors (Lipinski definition) is 2. The van der Waals surface area contributed by atoms with E-state index >= 15 is 0 Å². The van der Waals surface area contributed by atoms with E-state index < -0.39 is 0 Å². The topological polar surface area (TPSA) is 93.8 Å². The summed E-state index contributed by atoms with van der Waals surface area (Å²) in [6, 6.07) is 18.9. The molecule has 9 nitrogen and oxygen atoms in total. The van der Waals surface area contributed by atoms with Crippen LogP contribution in [0.4, 0.5) is 11.4 Å². The second kappa shape index (κ2) is 10.9. The Bertz CT molecular complexity index is 1370. The van der Waals surface area contributed by atoms with Crippen LogP contribution in [0.2, 0.25) is 0 Å². The third kappa shape index (κ3) is 5.07. The lowest BCUT2D eigenvalue weighted by Gasteiger charge is -2.29. The molecule has 2 atom stereocenters. The summed E-state index contributed by atoms with van der Waals surface area (Å²) in [6.45, 7) is 0.504. The molecule has 5 rings (SSSR count). The zero-order valence-corrected chi connectivity index (χ0v) is 21.3. The van der Waals surface area contributed by atoms with E-state index in [-0.39, 0.29) is 24.6 Å². The predicted molar refractivity (Wildman–Crippen MR) is 144 cm³/mol. The van der Waals surface area contributed by atoms with Crippen molar-refractivity contribution in [3.63, 3.8) is 0 Å². The third-order valence-electron chi connectivity index (χ3n) is 6.18. The molecule has 10 heteroatoms. The Morgan fingerprint density at radius 2 is 2.05 bits per heavy atom. The number of aromatic nitrogens is 2. The lowest BCUT2D eigenvalue weighted by molar-refractivity contribution is -0.119. The number of nitrogens with zero attached hydrogens (tertiary/aromatic N) is 3. The van der Waals surface area contributed by atoms with Crippen molar-refractivity contribution >= 4 is 34.6 Å². The largest absolute Gasteiger partial charge is 0.495 e. The van der Waals surface area contributed by atoms with E-state index in [2.05, 4.69) is 26.3 Å². The number of furan rings is 1. The third-order valence-corrected chi connectivity index (χ3v) is 6.50. The normalized spacial score (nSPS) is 17.0. The number of methoxy groups -OCH3 is 2. The minimum absolute atomic E-state index is 0.0677. The number of pyridine rings is 1. The molecule has 0 spiro atoms. The minimum atomic E-state index is -0.282. The SMILES string of the molecule is COCC(=O)Nc1cc(N2C(=S)N[C@@H](c3ccccn3)[C@@H]2c2cccn2Cc2ccco2)ccc1OC. The number of hydrogen-bond acceptors (Lipinski definition) is 6. The van der Waals surface area contributed by atoms with Gasteiger partial charge in [0, 0.05) is 30.9 Å². The Balaban J connectivity index is 1.58. The molecule has 1 saturated heterocycles. The number of thiocarbonyl (C=S) groups is 1. The first-order valence-corrected chi connectivity index (χ1v) is 12.1. The van der Waals surface area contributed by atoms with Gasteiger partial charge < -0.3 is 34.0 Å². The molecule has 1 fully saturated rings. The fourth-order valence-corrected chi connectivity index (χ4v) is 4.95. The summed E-state index contributed by atoms with van der Waals surface area (Å²) in [6.07, 6.45) is 5.47. The van der Waals surface area contributed by atoms with Crippen molar-refractivity contribution in [2.24, 2.45) is 0 Å². The van der Waals surface area contributed by atoms with Gasteiger partial charge in [0.1, 0.15) is 24.2 Å². The van der Waals surface area contributed by atoms with Crippen LogP contribution in [-0.2, 0) is 16.1 Å². The molecule has 37 heavy (non-hydrogen) atoms. The maximum Gasteiger partial charge on any atom is 0.250 e. The van der Waals surface area contributed by atoms with E-state index in [0.717, 1.165) is 22.8 Å². The first-order valence-electron chi connectivity index (χ1n) is 11.7. The summed E-state index contributed by atoms with van der Waals surface area (Å²) >= 11 is 5.86. The summed E-state index contributed by atoms with van der Waals surface area (Å²) in [4.78, 5) is 19.0. The van der Waals surface area contributed by atoms with Crippen LogP contribution in [0.15, 0.2) is 83.7 Å². The van der Waals surface area contributed by atoms with E-state index in [0.29, 0.717) is 23.1 Å². The number of nitrogens with one attached hydrogen (secondary N) is 2. The average Bonchev–Trinajstić information content (AvgIpc) is 3.65. The smallest absolute Gasteiger partial charge is 0.250 e. The van der Waals surface area contributed by atoms with Gasteiger partial charge in [-0.2, -0.15) is 0 Å². The molecule has 2 N–H and O–H groups in total. The van der Waals surface area contributed by atoms with Crippen molar-refractivity contribution in [2.45, 2.75) is 18.6 Å². The molecule has 1 aliphatic rings. The molecule has 0 aliphatic carbocycles. The summed E-state index contributed by atoms with van der Waals surface area (Å²) in [5.74, 6) is 1.10. The molecule has 0 saturated carbocycles. The Hall–Kier alpha value is -4.15. The average molecular weight is 518 g/mol. The predicted octanol–water partition coefficient (Wildman–Crippen LogP) is 4.30. The Morgan fingerprint density at radius 1 is 1.16 bits per heavy atom. The van der Waals surface area contributed by atoms with Crippen LogP contribution >= 0.6 is 12.2 Å². The second-order valence-electron chi connectivity index (χ2n) is 8.50. The summed E-state index contributed by atoms with van der Waals surface area (Å²) in [5.41, 5.74) is 3.21. The van der Waals surface area contributed by atoms with Gasteiger partial charge in [0.2, 0.25) is 5.91 Å². The fourth-order valence-electron chi connectivity index (χ4n) is 4.60. The number of anilines is 2. The van der Waals surface area contributed by atoms with Crippen LogP contribution in [0.1, 0.15) is 29.2 Å². The molecular formula is C27H27N5O4S. The minimum Gasteiger partial charge on any atom is -0.495 e. The van der Waals surface area contributed by atoms with Crippen molar-refractivity contribution in [3.05, 3.63) is 96.5 Å². The van der Waals surface area contributed by atoms with Crippen molar-refractivity contribution in [1.29, 1.82) is 0 Å². The van der Waals surface area contributed by atoms with E-state index in [1.165, 1.54) is 7.11 Å². The van der Waals surface area contributed by atoms with Gasteiger partial charge in [-0.05, 0) is 66.8 Å². The number of amides is 1. The van der Waals surface area contributed by atoms with Gasteiger partial charge in [0.25, 0.3) is 0 Å². The summed E-state index contributed by atoms with van der Waals surface area (Å²) in [7, 11) is 3.03. The van der Waals surface area contributed by atoms with Crippen molar-refractivity contribution in [3.8, 4) is 5.75 Å². The Labute approximate surface area is 220 Å². The van der Waals surface area contributed by atoms with E-state index in [1.807, 2.05) is 65.7 Å². The molecule has 0 unspecified atom stereocenters. The second-order valence-corrected chi connectivity index (χ2v) is 8.89. The van der Waals surface area contributed by atoms with E-state index in [1.54, 1.807) is 19.6 Å². The van der Waals surface area contributed by atoms with Crippen LogP contribution in [-0.4, -0.2) is 41.4 Å². The molecular weight excluding hydrogens is 490 g/mol. The lowest BCUT2D eigenvalue weighted by atomic mass is 10.0. The van der Waals surface area contributed by atoms with E-state index in [9.17, 15) is 4.79 Å². The van der Waals surface area contributed by atoms with Gasteiger partial charge in [-0.3, -0.25) is 9.78 Å². The van der Waals surface area contributed by atoms with Crippen LogP contribution < -0.4 is 20.3 Å². The number of carbonyl (C=O) groups is 1. The number of rotatable bonds is 9. The van der Waals surface area contributed by atoms with Gasteiger partial charge in [0.05, 0.1) is 37.3 Å². The highest BCUT2D eigenvalue weighted by Crippen LogP contribution is 2.43. The monoisotopic (exact) mass is 517 g/mol. The van der Waals surface area contributed by atoms with Crippen molar-refractivity contribution in [1.82, 2.24) is 14.9 Å². The molecule has 3 aromatic heterocycles. The van der Waals surface area contributed by atoms with Gasteiger partial charge in [-0.1, -0.05) is 6.07 Å². The quantitative estimate of drug-likeness (QED) is 0.318. The first-order chi connectivity index (χ1) is 18.1. The van der Waals surface area contributed by atoms with Crippen LogP contribution in [0.5, 0.6) is 5.75 Å². The van der Waals surface area contributed by atoms with E-state index in [4.69, 9.17) is 26.1 Å². The maximum absolute atomic E-state index is 12.3. The molecule has 190 valence electrons. The molecule has 4 aromatic rings. The van der Waals surface area contributed by atoms with Gasteiger partial charge in [0.15, 0.2) is 5.11 Å². The highest BCUT2D eigenvalue weighted by Gasteiger charge is 2.42. The van der Waals surface area contributed by atoms with Crippen LogP contribution in [0.25, 0.3) is 0 Å². The molecule has 1 amide bonds. The molecule has 0 radical (unpaired) electrons. The van der Waals surface area contributed by atoms with Gasteiger partial charge in [-0.15, -0.1) is 0 Å². The highest BCUT2D eigenvalue weighted by molar-refractivity contribution is 7.80. The Morgan fingerprint density at radius 3 is 2.78 bits per heavy atom. The number of ether oxygens (including phenoxy) is 2. The number of benzene rings is 1. The van der Waals surface area contributed by atoms with Crippen molar-refractivity contribution in [2.75, 3.05) is 31.0 Å². The molecule has 4 heterocycles. The standard InChI is InChI=1S/C27H27N5O4S/c1-34-17-24(33)29-21-15-18(10-11-23(21)35-2)32-26(25(30-27(32)37)20-8-3-4-12-28-20)22-9-5-13-31(22)16-19-7-6-14-36-19/h3-15,25-26H,16-17H2,1-2H3,(H,29,33)(H,30,37)/t25-,26-/m0/s1. The molecule has 0 bridgehead atoms. The van der Waals surface area contributed by atoms with Crippen molar-refractivity contribution < 1.29 is 18.7 Å². The van der Waals surface area contributed by atoms with Gasteiger partial charge >= 0.3 is 0 Å². The highest BCUT2D eigenvalue weighted by atomic mass is 32.1. The zero-order chi connectivity index (χ0) is 25.8. The molecule has 1 aromatic carbocycles. The fraction of sp³-hybridized carbons (Fsp3) is 0.222. The van der Waals surface area contributed by atoms with Gasteiger partial charge in [-0.25, -0.2) is 0 Å². The molecule has 1 aliphatic heterocycles. The van der Waals surface area contributed by atoms with Crippen LogP contribution in [0.3, 0.4) is 0 Å². The summed E-state index contributed by atoms with van der Waals surface area (Å²) in [5, 5.41) is 6.88. The van der Waals surface area contributed by atoms with Crippen LogP contribution in [0, 0.1) is 0 Å². The maximum atomic E-state index is 12.3. The number of carbonyl (C=O) groups excluding carboxylic acids is 1. The Kier molecular flexibility index (Phi) is 7.20.